The average Bonchev–Trinajstić information content (AvgIpc) is 2.50. The molecule has 0 saturated heterocycles. The van der Waals surface area contributed by atoms with Crippen molar-refractivity contribution in [2.24, 2.45) is 0 Å². The molecule has 0 aromatic rings. The van der Waals surface area contributed by atoms with Gasteiger partial charge in [-0.15, -0.1) is 0 Å². The monoisotopic (exact) mass is 281 g/mol. The van der Waals surface area contributed by atoms with E-state index >= 15 is 0 Å². The zero-order valence-electron chi connectivity index (χ0n) is 13.8. The molecule has 0 aromatic heterocycles. The predicted octanol–water partition coefficient (Wildman–Crippen LogP) is 5.19. The summed E-state index contributed by atoms with van der Waals surface area (Å²) in [7, 11) is 2.05. The Balaban J connectivity index is 1.97. The van der Waals surface area contributed by atoms with Gasteiger partial charge in [0.15, 0.2) is 0 Å². The van der Waals surface area contributed by atoms with Gasteiger partial charge in [-0.1, -0.05) is 64.7 Å². The number of ether oxygens (including phenoxy) is 1. The highest BCUT2D eigenvalue weighted by molar-refractivity contribution is 5.04. The Morgan fingerprint density at radius 1 is 1.05 bits per heavy atom. The van der Waals surface area contributed by atoms with Crippen molar-refractivity contribution in [3.63, 3.8) is 0 Å². The molecule has 0 radical (unpaired) electrons. The molecule has 1 unspecified atom stereocenters. The van der Waals surface area contributed by atoms with Crippen LogP contribution in [0.2, 0.25) is 0 Å². The second kappa shape index (κ2) is 12.3. The number of hydrogen-bond donors (Lipinski definition) is 1. The average molecular weight is 281 g/mol. The highest BCUT2D eigenvalue weighted by atomic mass is 16.5. The van der Waals surface area contributed by atoms with E-state index in [1.54, 1.807) is 0 Å². The van der Waals surface area contributed by atoms with Crippen LogP contribution in [-0.2, 0) is 4.74 Å². The molecule has 0 spiro atoms. The second-order valence-electron chi connectivity index (χ2n) is 6.06. The van der Waals surface area contributed by atoms with Crippen molar-refractivity contribution in [3.05, 3.63) is 11.8 Å². The summed E-state index contributed by atoms with van der Waals surface area (Å²) < 4.78 is 5.76. The molecule has 1 rings (SSSR count). The van der Waals surface area contributed by atoms with Crippen LogP contribution < -0.4 is 5.32 Å². The normalized spacial score (nSPS) is 16.6. The zero-order valence-corrected chi connectivity index (χ0v) is 13.8. The summed E-state index contributed by atoms with van der Waals surface area (Å²) in [6.07, 6.45) is 18.5. The lowest BCUT2D eigenvalue weighted by atomic mass is 10.0. The van der Waals surface area contributed by atoms with E-state index in [-0.39, 0.29) is 0 Å². The molecule has 0 fully saturated rings. The Labute approximate surface area is 126 Å². The minimum atomic E-state index is 0.444. The molecule has 2 heteroatoms. The Bertz CT molecular complexity index is 250. The number of unbranched alkanes of at least 4 members (excludes halogenated alkanes) is 8. The lowest BCUT2D eigenvalue weighted by Crippen LogP contribution is -2.29. The van der Waals surface area contributed by atoms with Crippen LogP contribution in [0.1, 0.15) is 84.0 Å². The van der Waals surface area contributed by atoms with Gasteiger partial charge < -0.3 is 10.1 Å². The fourth-order valence-electron chi connectivity index (χ4n) is 2.91. The van der Waals surface area contributed by atoms with Crippen LogP contribution >= 0.6 is 0 Å². The van der Waals surface area contributed by atoms with Crippen molar-refractivity contribution >= 4 is 0 Å². The molecule has 0 amide bonds. The van der Waals surface area contributed by atoms with Crippen molar-refractivity contribution in [1.29, 1.82) is 0 Å². The van der Waals surface area contributed by atoms with Crippen LogP contribution in [-0.4, -0.2) is 19.7 Å². The quantitative estimate of drug-likeness (QED) is 0.497. The summed E-state index contributed by atoms with van der Waals surface area (Å²) in [5.41, 5.74) is 0. The number of nitrogens with one attached hydrogen (secondary N) is 1. The van der Waals surface area contributed by atoms with Crippen LogP contribution in [0.4, 0.5) is 0 Å². The molecule has 1 atom stereocenters. The number of likely N-dealkylation sites (N-methyl/N-ethyl adjacent to an activating group) is 1. The molecule has 1 aliphatic rings. The van der Waals surface area contributed by atoms with Gasteiger partial charge in [-0.05, 0) is 32.4 Å². The maximum absolute atomic E-state index is 5.76. The van der Waals surface area contributed by atoms with Crippen LogP contribution in [0.25, 0.3) is 0 Å². The van der Waals surface area contributed by atoms with E-state index in [9.17, 15) is 0 Å². The van der Waals surface area contributed by atoms with Crippen molar-refractivity contribution in [3.8, 4) is 0 Å². The molecular weight excluding hydrogens is 246 g/mol. The van der Waals surface area contributed by atoms with Crippen molar-refractivity contribution in [2.75, 3.05) is 13.7 Å². The third-order valence-electron chi connectivity index (χ3n) is 4.25. The van der Waals surface area contributed by atoms with Gasteiger partial charge in [0.25, 0.3) is 0 Å². The largest absolute Gasteiger partial charge is 0.497 e. The Kier molecular flexibility index (Phi) is 10.8. The lowest BCUT2D eigenvalue weighted by molar-refractivity contribution is 0.166. The molecule has 1 heterocycles. The third-order valence-corrected chi connectivity index (χ3v) is 4.25. The van der Waals surface area contributed by atoms with Gasteiger partial charge in [-0.2, -0.15) is 0 Å². The van der Waals surface area contributed by atoms with Gasteiger partial charge >= 0.3 is 0 Å². The van der Waals surface area contributed by atoms with Gasteiger partial charge in [0, 0.05) is 0 Å². The first-order valence-corrected chi connectivity index (χ1v) is 8.88. The van der Waals surface area contributed by atoms with E-state index in [0.29, 0.717) is 6.04 Å². The van der Waals surface area contributed by atoms with Crippen LogP contribution in [0, 0.1) is 0 Å². The molecule has 0 aromatic carbocycles. The topological polar surface area (TPSA) is 21.3 Å². The van der Waals surface area contributed by atoms with Crippen LogP contribution in [0.3, 0.4) is 0 Å². The summed E-state index contributed by atoms with van der Waals surface area (Å²) in [6, 6.07) is 0.444. The van der Waals surface area contributed by atoms with Gasteiger partial charge in [0.2, 0.25) is 0 Å². The Morgan fingerprint density at radius 3 is 2.25 bits per heavy atom. The third kappa shape index (κ3) is 7.94. The standard InChI is InChI=1S/C18H35NO/c1-3-4-5-6-7-8-9-10-11-14-17(19-2)18-15-12-13-16-20-18/h15,17,19H,3-14,16H2,1-2H3. The molecule has 118 valence electrons. The lowest BCUT2D eigenvalue weighted by Gasteiger charge is -2.23. The molecule has 0 aliphatic carbocycles. The predicted molar refractivity (Wildman–Crippen MR) is 88.0 cm³/mol. The summed E-state index contributed by atoms with van der Waals surface area (Å²) >= 11 is 0. The van der Waals surface area contributed by atoms with E-state index < -0.39 is 0 Å². The molecule has 20 heavy (non-hydrogen) atoms. The van der Waals surface area contributed by atoms with Gasteiger partial charge in [-0.25, -0.2) is 0 Å². The molecule has 1 N–H and O–H groups in total. The van der Waals surface area contributed by atoms with E-state index in [0.717, 1.165) is 6.61 Å². The summed E-state index contributed by atoms with van der Waals surface area (Å²) in [6.45, 7) is 3.19. The van der Waals surface area contributed by atoms with Crippen molar-refractivity contribution < 1.29 is 4.74 Å². The second-order valence-corrected chi connectivity index (χ2v) is 6.06. The summed E-state index contributed by atoms with van der Waals surface area (Å²) in [4.78, 5) is 0. The SMILES string of the molecule is CCCCCCCCCCCC(NC)C1=CCCCO1. The first kappa shape index (κ1) is 17.6. The van der Waals surface area contributed by atoms with E-state index in [1.165, 1.54) is 82.8 Å². The highest BCUT2D eigenvalue weighted by Crippen LogP contribution is 2.18. The van der Waals surface area contributed by atoms with E-state index in [1.807, 2.05) is 0 Å². The first-order valence-electron chi connectivity index (χ1n) is 8.88. The Hall–Kier alpha value is -0.500. The molecule has 0 saturated carbocycles. The molecule has 2 nitrogen and oxygen atoms in total. The molecule has 0 bridgehead atoms. The fraction of sp³-hybridized carbons (Fsp3) is 0.889. The number of hydrogen-bond acceptors (Lipinski definition) is 2. The van der Waals surface area contributed by atoms with Crippen LogP contribution in [0.5, 0.6) is 0 Å². The zero-order chi connectivity index (χ0) is 14.5. The van der Waals surface area contributed by atoms with Gasteiger partial charge in [0.1, 0.15) is 5.76 Å². The maximum Gasteiger partial charge on any atom is 0.109 e. The smallest absolute Gasteiger partial charge is 0.109 e. The first-order chi connectivity index (χ1) is 9.88. The van der Waals surface area contributed by atoms with Crippen molar-refractivity contribution in [1.82, 2.24) is 5.32 Å². The molecule has 1 aliphatic heterocycles. The minimum Gasteiger partial charge on any atom is -0.497 e. The number of allylic oxidation sites excluding steroid dienone is 1. The van der Waals surface area contributed by atoms with Gasteiger partial charge in [0.05, 0.1) is 12.6 Å². The fourth-order valence-corrected chi connectivity index (χ4v) is 2.91. The Morgan fingerprint density at radius 2 is 1.70 bits per heavy atom. The summed E-state index contributed by atoms with van der Waals surface area (Å²) in [5.74, 6) is 1.19. The van der Waals surface area contributed by atoms with Crippen molar-refractivity contribution in [2.45, 2.75) is 90.0 Å². The summed E-state index contributed by atoms with van der Waals surface area (Å²) in [5, 5.41) is 3.40. The maximum atomic E-state index is 5.76. The minimum absolute atomic E-state index is 0.444. The highest BCUT2D eigenvalue weighted by Gasteiger charge is 2.15. The number of rotatable bonds is 12. The van der Waals surface area contributed by atoms with E-state index in [4.69, 9.17) is 4.74 Å². The van der Waals surface area contributed by atoms with E-state index in [2.05, 4.69) is 25.4 Å². The van der Waals surface area contributed by atoms with Gasteiger partial charge in [-0.3, -0.25) is 0 Å². The van der Waals surface area contributed by atoms with Crippen LogP contribution in [0.15, 0.2) is 11.8 Å². The molecular formula is C18H35NO.